The number of nitrogens with zero attached hydrogens (tertiary/aromatic N) is 1. The maximum atomic E-state index is 12.1. The predicted octanol–water partition coefficient (Wildman–Crippen LogP) is 4.09. The van der Waals surface area contributed by atoms with Gasteiger partial charge in [-0.05, 0) is 74.8 Å². The Morgan fingerprint density at radius 1 is 1.16 bits per heavy atom. The number of aliphatic hydroxyl groups is 1. The van der Waals surface area contributed by atoms with Crippen molar-refractivity contribution in [2.45, 2.75) is 96.0 Å². The number of carbonyl (C=O) groups excluding carboxylic acids is 1. The van der Waals surface area contributed by atoms with Gasteiger partial charge in [-0.2, -0.15) is 0 Å². The lowest BCUT2D eigenvalue weighted by Crippen LogP contribution is -2.43. The van der Waals surface area contributed by atoms with Gasteiger partial charge in [-0.15, -0.1) is 5.92 Å². The minimum atomic E-state index is -0.651. The van der Waals surface area contributed by atoms with E-state index in [9.17, 15) is 15.0 Å². The Labute approximate surface area is 268 Å². The van der Waals surface area contributed by atoms with Crippen LogP contribution in [0.25, 0.3) is 0 Å². The van der Waals surface area contributed by atoms with Crippen LogP contribution in [0.5, 0.6) is 11.5 Å². The van der Waals surface area contributed by atoms with Gasteiger partial charge in [0.1, 0.15) is 12.2 Å². The number of ether oxygens (including phenoxy) is 2. The van der Waals surface area contributed by atoms with Crippen molar-refractivity contribution in [1.82, 2.24) is 10.6 Å². The third-order valence-corrected chi connectivity index (χ3v) is 9.13. The second kappa shape index (κ2) is 16.5. The summed E-state index contributed by atoms with van der Waals surface area (Å²) in [6.07, 6.45) is 4.80. The number of hydrogen-bond acceptors (Lipinski definition) is 7. The van der Waals surface area contributed by atoms with Gasteiger partial charge in [-0.3, -0.25) is 9.79 Å². The maximum absolute atomic E-state index is 12.1. The van der Waals surface area contributed by atoms with E-state index >= 15 is 0 Å². The number of aliphatic hydroxyl groups excluding tert-OH is 1. The predicted molar refractivity (Wildman–Crippen MR) is 177 cm³/mol. The van der Waals surface area contributed by atoms with Crippen LogP contribution in [0.3, 0.4) is 0 Å². The average molecular weight is 619 g/mol. The molecule has 0 bridgehead atoms. The standard InChI is InChI=1S/C36H50N4O5/c1-4-36(24-40-35(37)38-3)16-8-11-28(33(44-25(2)41)23-30(42)14-17-36)19-27-12-13-32(43)34(21-27)45-31-15-18-39-29(22-31)20-26-9-6-5-7-10-26/h5-7,9-10,12-13,21,28-31,33,39,42-43H,4,11,14-15,17-20,22-24H2,1-3H3,(H3,37,38,40). The van der Waals surface area contributed by atoms with Gasteiger partial charge in [0.25, 0.3) is 0 Å². The molecule has 2 aliphatic rings. The number of aromatic hydroxyl groups is 1. The number of rotatable bonds is 10. The Hall–Kier alpha value is -3.74. The number of phenolic OH excluding ortho intramolecular Hbond substituents is 1. The van der Waals surface area contributed by atoms with Crippen LogP contribution >= 0.6 is 0 Å². The molecular formula is C36H50N4O5. The summed E-state index contributed by atoms with van der Waals surface area (Å²) in [4.78, 5) is 16.1. The molecule has 9 heteroatoms. The number of nitrogens with one attached hydrogen (secondary N) is 2. The van der Waals surface area contributed by atoms with Crippen LogP contribution in [0.1, 0.15) is 69.9 Å². The first kappa shape index (κ1) is 34.1. The molecule has 244 valence electrons. The molecule has 0 spiro atoms. The van der Waals surface area contributed by atoms with E-state index in [2.05, 4.69) is 58.7 Å². The minimum absolute atomic E-state index is 0.0212. The summed E-state index contributed by atoms with van der Waals surface area (Å²) >= 11 is 0. The lowest BCUT2D eigenvalue weighted by atomic mass is 9.77. The van der Waals surface area contributed by atoms with Gasteiger partial charge in [-0.25, -0.2) is 0 Å². The van der Waals surface area contributed by atoms with E-state index in [0.717, 1.165) is 37.8 Å². The van der Waals surface area contributed by atoms with Crippen molar-refractivity contribution in [3.63, 3.8) is 0 Å². The number of phenols is 1. The lowest BCUT2D eigenvalue weighted by molar-refractivity contribution is -0.151. The van der Waals surface area contributed by atoms with Crippen LogP contribution in [0, 0.1) is 23.2 Å². The van der Waals surface area contributed by atoms with Gasteiger partial charge < -0.3 is 36.1 Å². The van der Waals surface area contributed by atoms with Crippen LogP contribution in [0.2, 0.25) is 0 Å². The molecule has 1 saturated heterocycles. The van der Waals surface area contributed by atoms with E-state index in [1.54, 1.807) is 13.1 Å². The fraction of sp³-hybridized carbons (Fsp3) is 0.556. The first-order valence-corrected chi connectivity index (χ1v) is 16.3. The van der Waals surface area contributed by atoms with Crippen molar-refractivity contribution in [2.24, 2.45) is 22.1 Å². The van der Waals surface area contributed by atoms with Crippen molar-refractivity contribution < 1.29 is 24.5 Å². The summed E-state index contributed by atoms with van der Waals surface area (Å²) in [5, 5.41) is 28.6. The number of carbonyl (C=O) groups is 1. The molecule has 6 unspecified atom stereocenters. The van der Waals surface area contributed by atoms with Crippen molar-refractivity contribution in [2.75, 3.05) is 20.1 Å². The zero-order valence-electron chi connectivity index (χ0n) is 26.9. The Kier molecular flexibility index (Phi) is 12.5. The molecule has 1 heterocycles. The lowest BCUT2D eigenvalue weighted by Gasteiger charge is -2.33. The van der Waals surface area contributed by atoms with Gasteiger partial charge in [-0.1, -0.05) is 49.2 Å². The molecule has 0 radical (unpaired) electrons. The third kappa shape index (κ3) is 10.4. The normalized spacial score (nSPS) is 27.5. The number of nitrogens with two attached hydrogens (primary N) is 1. The summed E-state index contributed by atoms with van der Waals surface area (Å²) in [5.74, 6) is 7.28. The van der Waals surface area contributed by atoms with Gasteiger partial charge in [0.2, 0.25) is 0 Å². The smallest absolute Gasteiger partial charge is 0.302 e. The molecule has 1 aliphatic heterocycles. The number of benzene rings is 2. The fourth-order valence-corrected chi connectivity index (χ4v) is 6.40. The maximum Gasteiger partial charge on any atom is 0.302 e. The van der Waals surface area contributed by atoms with Crippen molar-refractivity contribution in [1.29, 1.82) is 0 Å². The van der Waals surface area contributed by atoms with Crippen LogP contribution in [0.15, 0.2) is 53.5 Å². The Morgan fingerprint density at radius 2 is 1.96 bits per heavy atom. The van der Waals surface area contributed by atoms with E-state index < -0.39 is 12.2 Å². The SMILES string of the molecule is CCC1(CNC(N)=NC)C#CCC(Cc2ccc(O)c(OC3CCNC(Cc4ccccc4)C3)c2)C(OC(C)=O)CC(O)CC1. The quantitative estimate of drug-likeness (QED) is 0.116. The van der Waals surface area contributed by atoms with Crippen LogP contribution in [-0.2, 0) is 22.4 Å². The molecule has 0 aromatic heterocycles. The zero-order chi connectivity index (χ0) is 32.2. The summed E-state index contributed by atoms with van der Waals surface area (Å²) < 4.78 is 12.2. The fourth-order valence-electron chi connectivity index (χ4n) is 6.40. The Balaban J connectivity index is 1.51. The molecule has 4 rings (SSSR count). The number of guanidine groups is 1. The average Bonchev–Trinajstić information content (AvgIpc) is 3.03. The highest BCUT2D eigenvalue weighted by molar-refractivity contribution is 5.77. The van der Waals surface area contributed by atoms with E-state index in [4.69, 9.17) is 15.2 Å². The van der Waals surface area contributed by atoms with Crippen LogP contribution in [0.4, 0.5) is 0 Å². The van der Waals surface area contributed by atoms with Crippen LogP contribution < -0.4 is 21.1 Å². The van der Waals surface area contributed by atoms with Gasteiger partial charge >= 0.3 is 5.97 Å². The first-order valence-electron chi connectivity index (χ1n) is 16.3. The van der Waals surface area contributed by atoms with Gasteiger partial charge in [0, 0.05) is 50.7 Å². The summed E-state index contributed by atoms with van der Waals surface area (Å²) in [6, 6.07) is 16.2. The highest BCUT2D eigenvalue weighted by Crippen LogP contribution is 2.34. The molecule has 6 N–H and O–H groups in total. The Morgan fingerprint density at radius 3 is 2.69 bits per heavy atom. The third-order valence-electron chi connectivity index (χ3n) is 9.13. The molecule has 0 amide bonds. The molecule has 45 heavy (non-hydrogen) atoms. The van der Waals surface area contributed by atoms with Crippen LogP contribution in [-0.4, -0.2) is 66.6 Å². The Bertz CT molecular complexity index is 1340. The molecule has 1 fully saturated rings. The number of aliphatic imine (C=N–C) groups is 1. The minimum Gasteiger partial charge on any atom is -0.504 e. The van der Waals surface area contributed by atoms with E-state index in [1.165, 1.54) is 12.5 Å². The van der Waals surface area contributed by atoms with Crippen molar-refractivity contribution >= 4 is 11.9 Å². The van der Waals surface area contributed by atoms with E-state index in [0.29, 0.717) is 56.4 Å². The van der Waals surface area contributed by atoms with Crippen molar-refractivity contribution in [3.05, 3.63) is 59.7 Å². The zero-order valence-corrected chi connectivity index (χ0v) is 26.9. The van der Waals surface area contributed by atoms with E-state index in [1.807, 2.05) is 18.2 Å². The summed E-state index contributed by atoms with van der Waals surface area (Å²) in [7, 11) is 1.64. The number of hydrogen-bond donors (Lipinski definition) is 5. The topological polar surface area (TPSA) is 138 Å². The number of piperidine rings is 1. The van der Waals surface area contributed by atoms with E-state index in [-0.39, 0.29) is 29.2 Å². The molecule has 1 aliphatic carbocycles. The second-order valence-electron chi connectivity index (χ2n) is 12.5. The highest BCUT2D eigenvalue weighted by atomic mass is 16.5. The molecule has 2 aromatic rings. The molecule has 0 saturated carbocycles. The second-order valence-corrected chi connectivity index (χ2v) is 12.5. The highest BCUT2D eigenvalue weighted by Gasteiger charge is 2.32. The largest absolute Gasteiger partial charge is 0.504 e. The van der Waals surface area contributed by atoms with Gasteiger partial charge in [0.15, 0.2) is 17.5 Å². The summed E-state index contributed by atoms with van der Waals surface area (Å²) in [6.45, 7) is 4.88. The van der Waals surface area contributed by atoms with Crippen molar-refractivity contribution in [3.8, 4) is 23.3 Å². The molecule has 2 aromatic carbocycles. The van der Waals surface area contributed by atoms with Gasteiger partial charge in [0.05, 0.1) is 6.10 Å². The first-order chi connectivity index (χ1) is 21.7. The monoisotopic (exact) mass is 618 g/mol. The molecule has 9 nitrogen and oxygen atoms in total. The number of esters is 1. The molecular weight excluding hydrogens is 568 g/mol. The summed E-state index contributed by atoms with van der Waals surface area (Å²) in [5.41, 5.74) is 7.77. The molecule has 6 atom stereocenters.